The molecule has 3 N–H and O–H groups in total. The molecule has 1 heterocycles. The van der Waals surface area contributed by atoms with E-state index in [9.17, 15) is 9.59 Å². The van der Waals surface area contributed by atoms with E-state index in [1.807, 2.05) is 42.5 Å². The maximum Gasteiger partial charge on any atom is 0.323 e. The molecule has 0 fully saturated rings. The number of carboxylic acids is 1. The van der Waals surface area contributed by atoms with Crippen LogP contribution in [0.4, 0.5) is 16.2 Å². The molecular weight excluding hydrogens is 414 g/mol. The van der Waals surface area contributed by atoms with E-state index in [0.717, 1.165) is 16.7 Å². The number of carboxylic acid groups (broad SMARTS) is 1. The minimum absolute atomic E-state index is 0.126. The molecule has 3 aromatic rings. The third-order valence-electron chi connectivity index (χ3n) is 4.45. The highest BCUT2D eigenvalue weighted by Crippen LogP contribution is 2.25. The monoisotopic (exact) mass is 435 g/mol. The SMILES string of the molecule is O=C(O)CCC/C=C(/c1ccc(NC(=O)Nc2cccc(Cl)c2)cc1)c1cccnc1. The summed E-state index contributed by atoms with van der Waals surface area (Å²) in [4.78, 5) is 27.2. The van der Waals surface area contributed by atoms with Crippen LogP contribution in [0.2, 0.25) is 5.02 Å². The van der Waals surface area contributed by atoms with E-state index < -0.39 is 5.97 Å². The van der Waals surface area contributed by atoms with Gasteiger partial charge in [0, 0.05) is 40.8 Å². The van der Waals surface area contributed by atoms with Gasteiger partial charge >= 0.3 is 12.0 Å². The van der Waals surface area contributed by atoms with Crippen molar-refractivity contribution in [1.29, 1.82) is 0 Å². The Morgan fingerprint density at radius 1 is 0.968 bits per heavy atom. The number of carbonyl (C=O) groups excluding carboxylic acids is 1. The van der Waals surface area contributed by atoms with Crippen molar-refractivity contribution in [3.63, 3.8) is 0 Å². The largest absolute Gasteiger partial charge is 0.481 e. The molecule has 0 bridgehead atoms. The van der Waals surface area contributed by atoms with Crippen LogP contribution in [0.1, 0.15) is 30.4 Å². The van der Waals surface area contributed by atoms with Gasteiger partial charge in [-0.05, 0) is 60.4 Å². The quantitative estimate of drug-likeness (QED) is 0.375. The van der Waals surface area contributed by atoms with Crippen molar-refractivity contribution in [2.45, 2.75) is 19.3 Å². The zero-order valence-electron chi connectivity index (χ0n) is 16.7. The van der Waals surface area contributed by atoms with Crippen molar-refractivity contribution in [2.24, 2.45) is 0 Å². The van der Waals surface area contributed by atoms with Gasteiger partial charge in [0.05, 0.1) is 0 Å². The molecule has 0 saturated heterocycles. The van der Waals surface area contributed by atoms with Gasteiger partial charge in [-0.2, -0.15) is 0 Å². The number of unbranched alkanes of at least 4 members (excludes halogenated alkanes) is 1. The lowest BCUT2D eigenvalue weighted by atomic mass is 9.97. The number of nitrogens with one attached hydrogen (secondary N) is 2. The Bertz CT molecular complexity index is 1070. The normalized spacial score (nSPS) is 11.1. The second-order valence-corrected chi connectivity index (χ2v) is 7.25. The lowest BCUT2D eigenvalue weighted by Gasteiger charge is -2.11. The number of aromatic nitrogens is 1. The maximum absolute atomic E-state index is 12.2. The number of hydrogen-bond acceptors (Lipinski definition) is 3. The van der Waals surface area contributed by atoms with Crippen molar-refractivity contribution in [3.8, 4) is 0 Å². The molecule has 1 aromatic heterocycles. The molecule has 0 saturated carbocycles. The van der Waals surface area contributed by atoms with Crippen LogP contribution in [0.3, 0.4) is 0 Å². The molecule has 7 heteroatoms. The molecule has 3 rings (SSSR count). The molecule has 0 aliphatic rings. The predicted molar refractivity (Wildman–Crippen MR) is 123 cm³/mol. The minimum Gasteiger partial charge on any atom is -0.481 e. The summed E-state index contributed by atoms with van der Waals surface area (Å²) in [6.45, 7) is 0. The van der Waals surface area contributed by atoms with Crippen molar-refractivity contribution < 1.29 is 14.7 Å². The van der Waals surface area contributed by atoms with Gasteiger partial charge in [-0.15, -0.1) is 0 Å². The van der Waals surface area contributed by atoms with E-state index in [0.29, 0.717) is 29.2 Å². The molecule has 158 valence electrons. The fourth-order valence-corrected chi connectivity index (χ4v) is 3.21. The molecule has 0 unspecified atom stereocenters. The summed E-state index contributed by atoms with van der Waals surface area (Å²) < 4.78 is 0. The van der Waals surface area contributed by atoms with Crippen LogP contribution in [0.15, 0.2) is 79.1 Å². The highest BCUT2D eigenvalue weighted by Gasteiger charge is 2.08. The molecule has 2 aromatic carbocycles. The van der Waals surface area contributed by atoms with Gasteiger partial charge in [-0.3, -0.25) is 9.78 Å². The van der Waals surface area contributed by atoms with Crippen LogP contribution >= 0.6 is 11.6 Å². The summed E-state index contributed by atoms with van der Waals surface area (Å²) in [7, 11) is 0. The summed E-state index contributed by atoms with van der Waals surface area (Å²) in [5.74, 6) is -0.803. The molecule has 0 aliphatic carbocycles. The number of aliphatic carboxylic acids is 1. The Kier molecular flexibility index (Phi) is 7.79. The van der Waals surface area contributed by atoms with E-state index in [2.05, 4.69) is 15.6 Å². The highest BCUT2D eigenvalue weighted by molar-refractivity contribution is 6.30. The van der Waals surface area contributed by atoms with Gasteiger partial charge in [0.2, 0.25) is 0 Å². The number of nitrogens with zero attached hydrogens (tertiary/aromatic N) is 1. The zero-order valence-corrected chi connectivity index (χ0v) is 17.5. The first kappa shape index (κ1) is 22.1. The summed E-state index contributed by atoms with van der Waals surface area (Å²) in [6, 6.07) is 17.8. The zero-order chi connectivity index (χ0) is 22.1. The number of anilines is 2. The van der Waals surface area contributed by atoms with Crippen LogP contribution in [0.5, 0.6) is 0 Å². The van der Waals surface area contributed by atoms with Crippen LogP contribution in [0, 0.1) is 0 Å². The summed E-state index contributed by atoms with van der Waals surface area (Å²) in [6.07, 6.45) is 6.82. The van der Waals surface area contributed by atoms with Gasteiger partial charge in [0.25, 0.3) is 0 Å². The highest BCUT2D eigenvalue weighted by atomic mass is 35.5. The summed E-state index contributed by atoms with van der Waals surface area (Å²) >= 11 is 5.94. The van der Waals surface area contributed by atoms with Gasteiger partial charge in [-0.25, -0.2) is 4.79 Å². The molecule has 0 radical (unpaired) electrons. The molecule has 0 aliphatic heterocycles. The van der Waals surface area contributed by atoms with E-state index in [4.69, 9.17) is 16.7 Å². The van der Waals surface area contributed by atoms with Crippen molar-refractivity contribution >= 4 is 40.5 Å². The number of rotatable bonds is 8. The van der Waals surface area contributed by atoms with Crippen LogP contribution in [0.25, 0.3) is 5.57 Å². The number of carbonyl (C=O) groups is 2. The van der Waals surface area contributed by atoms with E-state index in [1.165, 1.54) is 0 Å². The number of hydrogen-bond donors (Lipinski definition) is 3. The van der Waals surface area contributed by atoms with Gasteiger partial charge in [0.1, 0.15) is 0 Å². The number of pyridine rings is 1. The van der Waals surface area contributed by atoms with Crippen LogP contribution < -0.4 is 10.6 Å². The lowest BCUT2D eigenvalue weighted by Crippen LogP contribution is -2.19. The topological polar surface area (TPSA) is 91.3 Å². The fraction of sp³-hybridized carbons (Fsp3) is 0.125. The summed E-state index contributed by atoms with van der Waals surface area (Å²) in [5, 5.41) is 14.9. The standard InChI is InChI=1S/C24H22ClN3O3/c25-19-6-3-7-21(15-19)28-24(31)27-20-12-10-17(11-13-20)22(8-1-2-9-23(29)30)18-5-4-14-26-16-18/h3-8,10-16H,1-2,9H2,(H,29,30)(H2,27,28,31)/b22-8-. The third-order valence-corrected chi connectivity index (χ3v) is 4.69. The fourth-order valence-electron chi connectivity index (χ4n) is 3.02. The van der Waals surface area contributed by atoms with Crippen molar-refractivity contribution in [2.75, 3.05) is 10.6 Å². The van der Waals surface area contributed by atoms with Crippen LogP contribution in [-0.4, -0.2) is 22.1 Å². The Morgan fingerprint density at radius 3 is 2.42 bits per heavy atom. The smallest absolute Gasteiger partial charge is 0.323 e. The number of allylic oxidation sites excluding steroid dienone is 1. The first-order valence-corrected chi connectivity index (χ1v) is 10.2. The molecule has 6 nitrogen and oxygen atoms in total. The maximum atomic E-state index is 12.2. The van der Waals surface area contributed by atoms with Gasteiger partial charge < -0.3 is 15.7 Å². The van der Waals surface area contributed by atoms with Crippen LogP contribution in [-0.2, 0) is 4.79 Å². The second-order valence-electron chi connectivity index (χ2n) is 6.81. The number of benzene rings is 2. The number of halogens is 1. The predicted octanol–water partition coefficient (Wildman–Crippen LogP) is 6.07. The second kappa shape index (κ2) is 10.9. The van der Waals surface area contributed by atoms with Crippen molar-refractivity contribution in [1.82, 2.24) is 4.98 Å². The minimum atomic E-state index is -0.803. The Balaban J connectivity index is 1.70. The van der Waals surface area contributed by atoms with E-state index in [1.54, 1.807) is 36.7 Å². The van der Waals surface area contributed by atoms with Gasteiger partial charge in [0.15, 0.2) is 0 Å². The van der Waals surface area contributed by atoms with E-state index >= 15 is 0 Å². The lowest BCUT2D eigenvalue weighted by molar-refractivity contribution is -0.137. The summed E-state index contributed by atoms with van der Waals surface area (Å²) in [5.41, 5.74) is 4.10. The molecule has 2 amide bonds. The molecule has 0 spiro atoms. The Labute approximate surface area is 185 Å². The first-order chi connectivity index (χ1) is 15.0. The first-order valence-electron chi connectivity index (χ1n) is 9.77. The number of urea groups is 1. The molecular formula is C24H22ClN3O3. The molecule has 0 atom stereocenters. The Morgan fingerprint density at radius 2 is 1.74 bits per heavy atom. The Hall–Kier alpha value is -3.64. The van der Waals surface area contributed by atoms with Gasteiger partial charge in [-0.1, -0.05) is 41.9 Å². The number of amides is 2. The average molecular weight is 436 g/mol. The molecule has 31 heavy (non-hydrogen) atoms. The average Bonchev–Trinajstić information content (AvgIpc) is 2.75. The van der Waals surface area contributed by atoms with E-state index in [-0.39, 0.29) is 12.5 Å². The third kappa shape index (κ3) is 6.97. The van der Waals surface area contributed by atoms with Crippen molar-refractivity contribution in [3.05, 3.63) is 95.3 Å².